The van der Waals surface area contributed by atoms with Crippen LogP contribution >= 0.6 is 0 Å². The number of aliphatic carboxylic acids is 1. The van der Waals surface area contributed by atoms with Gasteiger partial charge in [-0.25, -0.2) is 0 Å². The molecule has 0 spiro atoms. The van der Waals surface area contributed by atoms with E-state index in [4.69, 9.17) is 10.8 Å². The molecule has 4 heteroatoms. The van der Waals surface area contributed by atoms with E-state index in [1.807, 2.05) is 0 Å². The first kappa shape index (κ1) is 15.4. The Morgan fingerprint density at radius 3 is 2.12 bits per heavy atom. The summed E-state index contributed by atoms with van der Waals surface area (Å²) in [5, 5.41) is 18.0. The first-order valence-electron chi connectivity index (χ1n) is 6.26. The Morgan fingerprint density at radius 1 is 1.12 bits per heavy atom. The second-order valence-corrected chi connectivity index (χ2v) is 4.34. The summed E-state index contributed by atoms with van der Waals surface area (Å²) in [6, 6.07) is -1.14. The van der Waals surface area contributed by atoms with E-state index in [2.05, 4.69) is 6.92 Å². The molecule has 2 unspecified atom stereocenters. The number of carbonyl (C=O) groups is 1. The second kappa shape index (κ2) is 9.60. The van der Waals surface area contributed by atoms with E-state index in [-0.39, 0.29) is 0 Å². The number of rotatable bonds is 10. The number of hydrogen-bond acceptors (Lipinski definition) is 3. The molecule has 2 atom stereocenters. The lowest BCUT2D eigenvalue weighted by Gasteiger charge is -2.14. The molecule has 4 nitrogen and oxygen atoms in total. The number of carboxylic acids is 1. The van der Waals surface area contributed by atoms with E-state index in [9.17, 15) is 9.90 Å². The summed E-state index contributed by atoms with van der Waals surface area (Å²) in [4.78, 5) is 10.5. The van der Waals surface area contributed by atoms with Crippen molar-refractivity contribution in [2.24, 2.45) is 5.73 Å². The Kier molecular flexibility index (Phi) is 9.24. The lowest BCUT2D eigenvalue weighted by atomic mass is 10.0. The number of aliphatic hydroxyl groups is 1. The van der Waals surface area contributed by atoms with Crippen molar-refractivity contribution in [1.82, 2.24) is 0 Å². The molecule has 0 rings (SSSR count). The number of hydrogen-bond donors (Lipinski definition) is 3. The minimum atomic E-state index is -1.14. The smallest absolute Gasteiger partial charge is 0.323 e. The zero-order valence-corrected chi connectivity index (χ0v) is 10.2. The summed E-state index contributed by atoms with van der Waals surface area (Å²) in [6.45, 7) is 2.18. The van der Waals surface area contributed by atoms with Crippen LogP contribution in [0.15, 0.2) is 0 Å². The highest BCUT2D eigenvalue weighted by molar-refractivity contribution is 5.73. The average Bonchev–Trinajstić information content (AvgIpc) is 2.26. The predicted octanol–water partition coefficient (Wildman–Crippen LogP) is 1.90. The number of nitrogens with two attached hydrogens (primary N) is 1. The first-order valence-corrected chi connectivity index (χ1v) is 6.26. The maximum atomic E-state index is 10.5. The van der Waals surface area contributed by atoms with Gasteiger partial charge < -0.3 is 15.9 Å². The highest BCUT2D eigenvalue weighted by Crippen LogP contribution is 2.10. The Labute approximate surface area is 97.8 Å². The summed E-state index contributed by atoms with van der Waals surface area (Å²) in [7, 11) is 0. The molecule has 4 N–H and O–H groups in total. The maximum Gasteiger partial charge on any atom is 0.323 e. The molecular formula is C12H25NO3. The highest BCUT2D eigenvalue weighted by Gasteiger charge is 2.20. The van der Waals surface area contributed by atoms with Crippen molar-refractivity contribution in [3.8, 4) is 0 Å². The molecule has 0 fully saturated rings. The summed E-state index contributed by atoms with van der Waals surface area (Å²) < 4.78 is 0. The van der Waals surface area contributed by atoms with Crippen LogP contribution < -0.4 is 5.73 Å². The zero-order chi connectivity index (χ0) is 12.4. The van der Waals surface area contributed by atoms with Crippen molar-refractivity contribution in [2.45, 2.75) is 70.4 Å². The van der Waals surface area contributed by atoms with Gasteiger partial charge in [0.1, 0.15) is 6.04 Å². The van der Waals surface area contributed by atoms with Crippen LogP contribution in [0.5, 0.6) is 0 Å². The Bertz CT molecular complexity index is 185. The largest absolute Gasteiger partial charge is 0.480 e. The Balaban J connectivity index is 3.34. The van der Waals surface area contributed by atoms with Crippen LogP contribution in [0.2, 0.25) is 0 Å². The van der Waals surface area contributed by atoms with Crippen molar-refractivity contribution in [3.05, 3.63) is 0 Å². The lowest BCUT2D eigenvalue weighted by molar-refractivity contribution is -0.141. The summed E-state index contributed by atoms with van der Waals surface area (Å²) in [6.07, 6.45) is 7.67. The van der Waals surface area contributed by atoms with Crippen LogP contribution in [0.3, 0.4) is 0 Å². The summed E-state index contributed by atoms with van der Waals surface area (Å²) >= 11 is 0. The minimum Gasteiger partial charge on any atom is -0.480 e. The van der Waals surface area contributed by atoms with Crippen LogP contribution in [-0.2, 0) is 4.79 Å². The van der Waals surface area contributed by atoms with Gasteiger partial charge in [0.05, 0.1) is 6.10 Å². The summed E-state index contributed by atoms with van der Waals surface area (Å²) in [5.74, 6) is -1.13. The molecule has 0 saturated heterocycles. The number of carboxylic acid groups (broad SMARTS) is 1. The van der Waals surface area contributed by atoms with E-state index in [1.54, 1.807) is 0 Å². The maximum absolute atomic E-state index is 10.5. The lowest BCUT2D eigenvalue weighted by Crippen LogP contribution is -2.41. The van der Waals surface area contributed by atoms with Gasteiger partial charge in [0.25, 0.3) is 0 Å². The predicted molar refractivity (Wildman–Crippen MR) is 64.2 cm³/mol. The van der Waals surface area contributed by atoms with Crippen LogP contribution in [0.4, 0.5) is 0 Å². The van der Waals surface area contributed by atoms with Crippen molar-refractivity contribution in [2.75, 3.05) is 0 Å². The van der Waals surface area contributed by atoms with Crippen molar-refractivity contribution >= 4 is 5.97 Å². The van der Waals surface area contributed by atoms with Crippen molar-refractivity contribution in [1.29, 1.82) is 0 Å². The quantitative estimate of drug-likeness (QED) is 0.501. The van der Waals surface area contributed by atoms with E-state index in [0.717, 1.165) is 19.3 Å². The third kappa shape index (κ3) is 7.65. The molecular weight excluding hydrogens is 206 g/mol. The standard InChI is InChI=1S/C12H25NO3/c1-2-3-4-5-6-7-8-9-10(14)11(13)12(15)16/h10-11,14H,2-9,13H2,1H3,(H,15,16). The van der Waals surface area contributed by atoms with Gasteiger partial charge in [-0.1, -0.05) is 51.9 Å². The normalized spacial score (nSPS) is 14.7. The molecule has 0 aromatic rings. The Hall–Kier alpha value is -0.610. The molecule has 0 amide bonds. The third-order valence-electron chi connectivity index (χ3n) is 2.80. The number of unbranched alkanes of at least 4 members (excludes halogenated alkanes) is 6. The second-order valence-electron chi connectivity index (χ2n) is 4.34. The molecule has 0 aliphatic heterocycles. The topological polar surface area (TPSA) is 83.5 Å². The molecule has 0 aliphatic carbocycles. The van der Waals surface area contributed by atoms with E-state index < -0.39 is 18.1 Å². The fourth-order valence-electron chi connectivity index (χ4n) is 1.65. The van der Waals surface area contributed by atoms with Gasteiger partial charge in [-0.2, -0.15) is 0 Å². The van der Waals surface area contributed by atoms with Crippen LogP contribution in [-0.4, -0.2) is 28.3 Å². The molecule has 0 saturated carbocycles. The fourth-order valence-corrected chi connectivity index (χ4v) is 1.65. The van der Waals surface area contributed by atoms with Gasteiger partial charge in [-0.3, -0.25) is 4.79 Å². The fraction of sp³-hybridized carbons (Fsp3) is 0.917. The van der Waals surface area contributed by atoms with Gasteiger partial charge in [0, 0.05) is 0 Å². The van der Waals surface area contributed by atoms with Gasteiger partial charge in [0.15, 0.2) is 0 Å². The zero-order valence-electron chi connectivity index (χ0n) is 10.2. The van der Waals surface area contributed by atoms with Gasteiger partial charge >= 0.3 is 5.97 Å². The molecule has 0 aliphatic rings. The molecule has 0 aromatic carbocycles. The SMILES string of the molecule is CCCCCCCCCC(O)C(N)C(=O)O. The molecule has 0 heterocycles. The molecule has 96 valence electrons. The molecule has 0 radical (unpaired) electrons. The van der Waals surface area contributed by atoms with Crippen molar-refractivity contribution in [3.63, 3.8) is 0 Å². The summed E-state index contributed by atoms with van der Waals surface area (Å²) in [5.41, 5.74) is 5.29. The van der Waals surface area contributed by atoms with Gasteiger partial charge in [-0.05, 0) is 6.42 Å². The van der Waals surface area contributed by atoms with Gasteiger partial charge in [-0.15, -0.1) is 0 Å². The van der Waals surface area contributed by atoms with E-state index in [1.165, 1.54) is 25.7 Å². The average molecular weight is 231 g/mol. The Morgan fingerprint density at radius 2 is 1.62 bits per heavy atom. The monoisotopic (exact) mass is 231 g/mol. The van der Waals surface area contributed by atoms with Gasteiger partial charge in [0.2, 0.25) is 0 Å². The van der Waals surface area contributed by atoms with Crippen LogP contribution in [0, 0.1) is 0 Å². The van der Waals surface area contributed by atoms with Crippen molar-refractivity contribution < 1.29 is 15.0 Å². The molecule has 0 aromatic heterocycles. The first-order chi connectivity index (χ1) is 7.59. The van der Waals surface area contributed by atoms with E-state index >= 15 is 0 Å². The molecule has 16 heavy (non-hydrogen) atoms. The van der Waals surface area contributed by atoms with E-state index in [0.29, 0.717) is 6.42 Å². The highest BCUT2D eigenvalue weighted by atomic mass is 16.4. The third-order valence-corrected chi connectivity index (χ3v) is 2.80. The number of aliphatic hydroxyl groups excluding tert-OH is 1. The van der Waals surface area contributed by atoms with Crippen LogP contribution in [0.25, 0.3) is 0 Å². The minimum absolute atomic E-state index is 0.487. The van der Waals surface area contributed by atoms with Crippen LogP contribution in [0.1, 0.15) is 58.3 Å². The molecule has 0 bridgehead atoms.